The first-order valence-electron chi connectivity index (χ1n) is 9.75. The maximum absolute atomic E-state index is 14.1. The number of ether oxygens (including phenoxy) is 1. The minimum Gasteiger partial charge on any atom is -0.375 e. The normalized spacial score (nSPS) is 10.7. The van der Waals surface area contributed by atoms with Crippen LogP contribution >= 0.6 is 11.6 Å². The summed E-state index contributed by atoms with van der Waals surface area (Å²) in [6.45, 7) is 0. The van der Waals surface area contributed by atoms with Crippen molar-refractivity contribution < 1.29 is 27.9 Å². The molecule has 0 radical (unpaired) electrons. The maximum Gasteiger partial charge on any atom is 0.414 e. The Morgan fingerprint density at radius 1 is 1.00 bits per heavy atom. The molecule has 11 heteroatoms. The fraction of sp³-hybridized carbons (Fsp3) is 0.0435. The van der Waals surface area contributed by atoms with Crippen LogP contribution in [0.4, 0.5) is 19.3 Å². The van der Waals surface area contributed by atoms with E-state index < -0.39 is 29.4 Å². The number of aromatic nitrogens is 2. The van der Waals surface area contributed by atoms with Gasteiger partial charge in [0.25, 0.3) is 5.91 Å². The van der Waals surface area contributed by atoms with Gasteiger partial charge in [0.15, 0.2) is 5.78 Å². The number of hydrogen-bond donors (Lipinski definition) is 3. The van der Waals surface area contributed by atoms with E-state index in [1.54, 1.807) is 18.2 Å². The maximum atomic E-state index is 14.1. The summed E-state index contributed by atoms with van der Waals surface area (Å²) in [6.07, 6.45) is -0.714. The summed E-state index contributed by atoms with van der Waals surface area (Å²) in [4.78, 5) is 44.3. The highest BCUT2D eigenvalue weighted by molar-refractivity contribution is 6.31. The number of nitrogens with one attached hydrogen (secondary N) is 3. The molecule has 0 atom stereocenters. The van der Waals surface area contributed by atoms with E-state index >= 15 is 0 Å². The average molecular weight is 485 g/mol. The zero-order chi connectivity index (χ0) is 24.4. The molecule has 8 nitrogen and oxygen atoms in total. The number of H-pyrrole nitrogens is 1. The van der Waals surface area contributed by atoms with Crippen LogP contribution in [0.1, 0.15) is 26.3 Å². The number of benzene rings is 3. The van der Waals surface area contributed by atoms with E-state index in [9.17, 15) is 23.2 Å². The number of nitrogens with zero attached hydrogens (tertiary/aromatic N) is 1. The molecule has 0 aliphatic rings. The fourth-order valence-electron chi connectivity index (χ4n) is 3.16. The van der Waals surface area contributed by atoms with E-state index in [2.05, 4.69) is 20.6 Å². The Balaban J connectivity index is 1.63. The number of hydrogen-bond acceptors (Lipinski definition) is 5. The number of halogens is 3. The number of amides is 2. The number of carbonyl (C=O) groups is 3. The van der Waals surface area contributed by atoms with Crippen molar-refractivity contribution >= 4 is 46.1 Å². The predicted molar refractivity (Wildman–Crippen MR) is 120 cm³/mol. The summed E-state index contributed by atoms with van der Waals surface area (Å²) in [5.41, 5.74) is 0.787. The third-order valence-electron chi connectivity index (χ3n) is 4.79. The summed E-state index contributed by atoms with van der Waals surface area (Å²) in [5.74, 6) is -3.26. The highest BCUT2D eigenvalue weighted by Gasteiger charge is 2.20. The molecule has 0 aliphatic carbocycles. The van der Waals surface area contributed by atoms with Crippen LogP contribution in [0.3, 0.4) is 0 Å². The molecule has 0 saturated heterocycles. The van der Waals surface area contributed by atoms with Crippen LogP contribution in [0.2, 0.25) is 5.02 Å². The lowest BCUT2D eigenvalue weighted by molar-refractivity contribution is 0.0996. The largest absolute Gasteiger partial charge is 0.414 e. The molecule has 4 aromatic rings. The van der Waals surface area contributed by atoms with Crippen molar-refractivity contribution in [3.05, 3.63) is 87.9 Å². The van der Waals surface area contributed by atoms with Crippen molar-refractivity contribution in [1.82, 2.24) is 15.3 Å². The van der Waals surface area contributed by atoms with E-state index in [1.165, 1.54) is 31.3 Å². The van der Waals surface area contributed by atoms with Gasteiger partial charge < -0.3 is 20.4 Å². The number of imidazole rings is 1. The fourth-order valence-corrected chi connectivity index (χ4v) is 3.32. The van der Waals surface area contributed by atoms with Crippen molar-refractivity contribution in [3.8, 4) is 6.01 Å². The summed E-state index contributed by atoms with van der Waals surface area (Å²) in [6, 6.07) is 11.9. The quantitative estimate of drug-likeness (QED) is 0.281. The molecule has 0 fully saturated rings. The van der Waals surface area contributed by atoms with Crippen LogP contribution in [0.5, 0.6) is 6.01 Å². The Bertz CT molecular complexity index is 1450. The van der Waals surface area contributed by atoms with Crippen molar-refractivity contribution in [1.29, 1.82) is 0 Å². The van der Waals surface area contributed by atoms with Crippen LogP contribution in [-0.2, 0) is 0 Å². The van der Waals surface area contributed by atoms with Gasteiger partial charge in [-0.3, -0.25) is 9.59 Å². The van der Waals surface area contributed by atoms with Gasteiger partial charge in [-0.25, -0.2) is 13.6 Å². The second-order valence-corrected chi connectivity index (χ2v) is 7.40. The monoisotopic (exact) mass is 484 g/mol. The van der Waals surface area contributed by atoms with Crippen molar-refractivity contribution in [2.24, 2.45) is 0 Å². The third kappa shape index (κ3) is 4.57. The van der Waals surface area contributed by atoms with E-state index in [4.69, 9.17) is 16.3 Å². The molecular weight excluding hydrogens is 470 g/mol. The molecule has 1 heterocycles. The van der Waals surface area contributed by atoms with Crippen molar-refractivity contribution in [3.63, 3.8) is 0 Å². The first-order valence-corrected chi connectivity index (χ1v) is 10.1. The predicted octanol–water partition coefficient (Wildman–Crippen LogP) is 4.70. The molecule has 3 aromatic carbocycles. The van der Waals surface area contributed by atoms with Crippen LogP contribution < -0.4 is 15.4 Å². The van der Waals surface area contributed by atoms with Crippen LogP contribution in [0.15, 0.2) is 54.6 Å². The minimum absolute atomic E-state index is 0.0271. The second-order valence-electron chi connectivity index (χ2n) is 6.99. The Labute approximate surface area is 195 Å². The molecule has 2 amide bonds. The van der Waals surface area contributed by atoms with Gasteiger partial charge in [0.1, 0.15) is 11.6 Å². The molecule has 3 N–H and O–H groups in total. The van der Waals surface area contributed by atoms with Crippen LogP contribution in [0, 0.1) is 11.6 Å². The molecule has 172 valence electrons. The molecule has 0 aliphatic heterocycles. The number of carbonyl (C=O) groups excluding carboxylic acids is 3. The van der Waals surface area contributed by atoms with Crippen molar-refractivity contribution in [2.45, 2.75) is 0 Å². The van der Waals surface area contributed by atoms with Gasteiger partial charge in [-0.15, -0.1) is 0 Å². The molecule has 0 bridgehead atoms. The first-order chi connectivity index (χ1) is 16.3. The lowest BCUT2D eigenvalue weighted by Gasteiger charge is -2.11. The van der Waals surface area contributed by atoms with E-state index in [0.29, 0.717) is 17.1 Å². The molecule has 4 rings (SSSR count). The third-order valence-corrected chi connectivity index (χ3v) is 5.08. The molecular formula is C23H15ClF2N4O4. The van der Waals surface area contributed by atoms with Gasteiger partial charge >= 0.3 is 12.1 Å². The minimum atomic E-state index is -1.02. The topological polar surface area (TPSA) is 113 Å². The lowest BCUT2D eigenvalue weighted by Crippen LogP contribution is -2.22. The first kappa shape index (κ1) is 22.9. The molecule has 0 saturated carbocycles. The Hall–Kier alpha value is -4.31. The highest BCUT2D eigenvalue weighted by Crippen LogP contribution is 2.25. The Kier molecular flexibility index (Phi) is 6.24. The molecule has 0 spiro atoms. The number of aromatic amines is 1. The van der Waals surface area contributed by atoms with E-state index in [1.807, 2.05) is 0 Å². The molecule has 0 unspecified atom stereocenters. The molecule has 34 heavy (non-hydrogen) atoms. The van der Waals surface area contributed by atoms with Crippen LogP contribution in [0.25, 0.3) is 11.0 Å². The summed E-state index contributed by atoms with van der Waals surface area (Å²) < 4.78 is 32.4. The smallest absolute Gasteiger partial charge is 0.375 e. The van der Waals surface area contributed by atoms with Gasteiger partial charge in [-0.2, -0.15) is 4.98 Å². The zero-order valence-electron chi connectivity index (χ0n) is 17.4. The molecule has 1 aromatic heterocycles. The summed E-state index contributed by atoms with van der Waals surface area (Å²) >= 11 is 5.68. The summed E-state index contributed by atoms with van der Waals surface area (Å²) in [7, 11) is 1.40. The number of ketones is 1. The lowest BCUT2D eigenvalue weighted by atomic mass is 9.97. The van der Waals surface area contributed by atoms with Gasteiger partial charge in [-0.1, -0.05) is 29.8 Å². The number of rotatable bonds is 5. The van der Waals surface area contributed by atoms with Crippen LogP contribution in [-0.4, -0.2) is 34.8 Å². The van der Waals surface area contributed by atoms with E-state index in [0.717, 1.165) is 6.07 Å². The summed E-state index contributed by atoms with van der Waals surface area (Å²) in [5, 5.41) is 4.23. The van der Waals surface area contributed by atoms with Gasteiger partial charge in [0.05, 0.1) is 27.3 Å². The van der Waals surface area contributed by atoms with Crippen molar-refractivity contribution in [2.75, 3.05) is 12.4 Å². The highest BCUT2D eigenvalue weighted by atomic mass is 35.5. The van der Waals surface area contributed by atoms with Gasteiger partial charge in [-0.05, 0) is 30.3 Å². The number of anilines is 1. The van der Waals surface area contributed by atoms with Gasteiger partial charge in [0.2, 0.25) is 0 Å². The standard InChI is InChI=1S/C23H15ClF2N4O4/c1-27-23(33)34-22-29-17-7-6-11(8-19(17)30-22)20(31)12-4-2-3-5-13(12)21(32)28-18-9-14(24)15(25)10-16(18)26/h2-10H,1H3,(H,27,33)(H,28,32)(H,29,30). The average Bonchev–Trinajstić information content (AvgIpc) is 3.23. The SMILES string of the molecule is CNC(=O)Oc1nc2ccc(C(=O)c3ccccc3C(=O)Nc3cc(Cl)c(F)cc3F)cc2[nH]1. The van der Waals surface area contributed by atoms with Gasteiger partial charge in [0, 0.05) is 24.2 Å². The Morgan fingerprint density at radius 3 is 2.47 bits per heavy atom. The number of fused-ring (bicyclic) bond motifs is 1. The second kappa shape index (κ2) is 9.28. The van der Waals surface area contributed by atoms with E-state index in [-0.39, 0.29) is 33.4 Å². The zero-order valence-corrected chi connectivity index (χ0v) is 18.2. The Morgan fingerprint density at radius 2 is 1.74 bits per heavy atom.